The highest BCUT2D eigenvalue weighted by Crippen LogP contribution is 2.25. The maximum atomic E-state index is 5.91. The van der Waals surface area contributed by atoms with E-state index in [1.165, 1.54) is 5.39 Å². The average Bonchev–Trinajstić information content (AvgIpc) is 2.39. The molecule has 2 aromatic carbocycles. The third-order valence-corrected chi connectivity index (χ3v) is 3.18. The molecule has 0 saturated heterocycles. The van der Waals surface area contributed by atoms with Crippen LogP contribution in [0.3, 0.4) is 0 Å². The lowest BCUT2D eigenvalue weighted by Gasteiger charge is -2.23. The van der Waals surface area contributed by atoms with Gasteiger partial charge in [-0.15, -0.1) is 0 Å². The largest absolute Gasteiger partial charge is 0.491 e. The highest BCUT2D eigenvalue weighted by Gasteiger charge is 2.10. The summed E-state index contributed by atoms with van der Waals surface area (Å²) in [6.45, 7) is 1.20. The van der Waals surface area contributed by atoms with Crippen molar-refractivity contribution in [3.63, 3.8) is 0 Å². The molecule has 0 aliphatic rings. The van der Waals surface area contributed by atoms with Gasteiger partial charge in [0.05, 0.1) is 6.04 Å². The van der Waals surface area contributed by atoms with Crippen LogP contribution < -0.4 is 10.5 Å². The van der Waals surface area contributed by atoms with Crippen LogP contribution in [0.15, 0.2) is 42.5 Å². The van der Waals surface area contributed by atoms with E-state index in [-0.39, 0.29) is 6.04 Å². The van der Waals surface area contributed by atoms with E-state index in [0.29, 0.717) is 13.2 Å². The highest BCUT2D eigenvalue weighted by atomic mass is 16.5. The summed E-state index contributed by atoms with van der Waals surface area (Å²) >= 11 is 0. The summed E-state index contributed by atoms with van der Waals surface area (Å²) in [6, 6.07) is 14.6. The number of benzene rings is 2. The van der Waals surface area contributed by atoms with Gasteiger partial charge in [0.1, 0.15) is 12.4 Å². The van der Waals surface area contributed by atoms with Crippen molar-refractivity contribution in [3.05, 3.63) is 42.5 Å². The number of hydrogen-bond donors (Lipinski definition) is 1. The molecule has 2 aromatic rings. The fraction of sp³-hybridized carbons (Fsp3) is 0.333. The van der Waals surface area contributed by atoms with Crippen molar-refractivity contribution in [1.29, 1.82) is 0 Å². The summed E-state index contributed by atoms with van der Waals surface area (Å²) < 4.78 is 5.91. The number of likely N-dealkylation sites (N-methyl/N-ethyl adjacent to an activating group) is 1. The predicted molar refractivity (Wildman–Crippen MR) is 76.0 cm³/mol. The first kappa shape index (κ1) is 12.9. The van der Waals surface area contributed by atoms with Crippen molar-refractivity contribution in [2.45, 2.75) is 6.04 Å². The Morgan fingerprint density at radius 2 is 1.83 bits per heavy atom. The summed E-state index contributed by atoms with van der Waals surface area (Å²) in [7, 11) is 4.04. The van der Waals surface area contributed by atoms with Crippen LogP contribution in [-0.2, 0) is 0 Å². The van der Waals surface area contributed by atoms with Gasteiger partial charge in [-0.25, -0.2) is 0 Å². The smallest absolute Gasteiger partial charge is 0.127 e. The van der Waals surface area contributed by atoms with Gasteiger partial charge < -0.3 is 15.4 Å². The zero-order valence-electron chi connectivity index (χ0n) is 11.0. The monoisotopic (exact) mass is 244 g/mol. The maximum absolute atomic E-state index is 5.91. The molecule has 0 aliphatic carbocycles. The van der Waals surface area contributed by atoms with Crippen molar-refractivity contribution in [2.24, 2.45) is 5.73 Å². The Kier molecular flexibility index (Phi) is 4.18. The second-order valence-corrected chi connectivity index (χ2v) is 4.64. The van der Waals surface area contributed by atoms with E-state index in [4.69, 9.17) is 10.5 Å². The van der Waals surface area contributed by atoms with Gasteiger partial charge in [-0.1, -0.05) is 36.4 Å². The molecule has 0 amide bonds. The molecular weight excluding hydrogens is 224 g/mol. The van der Waals surface area contributed by atoms with Crippen molar-refractivity contribution < 1.29 is 4.74 Å². The molecular formula is C15H20N2O. The number of hydrogen-bond acceptors (Lipinski definition) is 3. The maximum Gasteiger partial charge on any atom is 0.127 e. The molecule has 0 radical (unpaired) electrons. The van der Waals surface area contributed by atoms with Crippen molar-refractivity contribution >= 4 is 10.8 Å². The van der Waals surface area contributed by atoms with Crippen LogP contribution in [0.5, 0.6) is 5.75 Å². The molecule has 96 valence electrons. The van der Waals surface area contributed by atoms with E-state index in [0.717, 1.165) is 11.1 Å². The van der Waals surface area contributed by atoms with E-state index in [1.54, 1.807) is 0 Å². The Balaban J connectivity index is 2.17. The van der Waals surface area contributed by atoms with E-state index in [2.05, 4.69) is 23.1 Å². The molecule has 0 aliphatic heterocycles. The first-order valence-electron chi connectivity index (χ1n) is 6.19. The lowest BCUT2D eigenvalue weighted by Crippen LogP contribution is -2.39. The molecule has 2 rings (SSSR count). The zero-order chi connectivity index (χ0) is 13.0. The molecule has 3 nitrogen and oxygen atoms in total. The molecule has 1 atom stereocenters. The van der Waals surface area contributed by atoms with Crippen molar-refractivity contribution in [2.75, 3.05) is 27.2 Å². The van der Waals surface area contributed by atoms with Gasteiger partial charge in [0.2, 0.25) is 0 Å². The lowest BCUT2D eigenvalue weighted by molar-refractivity contribution is 0.191. The average molecular weight is 244 g/mol. The Morgan fingerprint density at radius 3 is 2.56 bits per heavy atom. The molecule has 0 aromatic heterocycles. The van der Waals surface area contributed by atoms with Crippen LogP contribution in [0, 0.1) is 0 Å². The first-order valence-corrected chi connectivity index (χ1v) is 6.19. The molecule has 3 heteroatoms. The number of nitrogens with zero attached hydrogens (tertiary/aromatic N) is 1. The third kappa shape index (κ3) is 2.81. The van der Waals surface area contributed by atoms with Gasteiger partial charge >= 0.3 is 0 Å². The quantitative estimate of drug-likeness (QED) is 0.875. The lowest BCUT2D eigenvalue weighted by atomic mass is 10.1. The standard InChI is InChI=1S/C15H20N2O/c1-17(2)13(10-16)11-18-15-9-5-7-12-6-3-4-8-14(12)15/h3-9,13H,10-11,16H2,1-2H3. The van der Waals surface area contributed by atoms with Gasteiger partial charge in [0.15, 0.2) is 0 Å². The fourth-order valence-corrected chi connectivity index (χ4v) is 1.94. The van der Waals surface area contributed by atoms with Crippen LogP contribution in [0.25, 0.3) is 10.8 Å². The van der Waals surface area contributed by atoms with E-state index in [1.807, 2.05) is 38.4 Å². The minimum absolute atomic E-state index is 0.240. The third-order valence-electron chi connectivity index (χ3n) is 3.18. The van der Waals surface area contributed by atoms with Gasteiger partial charge in [-0.05, 0) is 25.5 Å². The topological polar surface area (TPSA) is 38.5 Å². The SMILES string of the molecule is CN(C)C(CN)COc1cccc2ccccc12. The van der Waals surface area contributed by atoms with Crippen LogP contribution in [-0.4, -0.2) is 38.2 Å². The van der Waals surface area contributed by atoms with Crippen LogP contribution in [0.4, 0.5) is 0 Å². The number of rotatable bonds is 5. The Bertz CT molecular complexity index is 505. The molecule has 18 heavy (non-hydrogen) atoms. The van der Waals surface area contributed by atoms with Crippen molar-refractivity contribution in [1.82, 2.24) is 4.90 Å². The van der Waals surface area contributed by atoms with Gasteiger partial charge in [-0.2, -0.15) is 0 Å². The van der Waals surface area contributed by atoms with Crippen molar-refractivity contribution in [3.8, 4) is 5.75 Å². The van der Waals surface area contributed by atoms with Gasteiger partial charge in [0, 0.05) is 11.9 Å². The summed E-state index contributed by atoms with van der Waals surface area (Å²) in [5.41, 5.74) is 5.73. The van der Waals surface area contributed by atoms with Gasteiger partial charge in [0.25, 0.3) is 0 Å². The van der Waals surface area contributed by atoms with Crippen LogP contribution in [0.2, 0.25) is 0 Å². The Labute approximate surface area is 108 Å². The molecule has 0 bridgehead atoms. The normalized spacial score (nSPS) is 12.9. The highest BCUT2D eigenvalue weighted by molar-refractivity contribution is 5.88. The first-order chi connectivity index (χ1) is 8.72. The molecule has 0 heterocycles. The Morgan fingerprint density at radius 1 is 1.11 bits per heavy atom. The van der Waals surface area contributed by atoms with Crippen LogP contribution in [0.1, 0.15) is 0 Å². The van der Waals surface area contributed by atoms with Gasteiger partial charge in [-0.3, -0.25) is 0 Å². The van der Waals surface area contributed by atoms with E-state index in [9.17, 15) is 0 Å². The summed E-state index contributed by atoms with van der Waals surface area (Å²) in [6.07, 6.45) is 0. The minimum Gasteiger partial charge on any atom is -0.491 e. The molecule has 2 N–H and O–H groups in total. The molecule has 1 unspecified atom stereocenters. The molecule has 0 saturated carbocycles. The predicted octanol–water partition coefficient (Wildman–Crippen LogP) is 2.11. The number of fused-ring (bicyclic) bond motifs is 1. The molecule has 0 fully saturated rings. The summed E-state index contributed by atoms with van der Waals surface area (Å²) in [5, 5.41) is 2.35. The minimum atomic E-state index is 0.240. The summed E-state index contributed by atoms with van der Waals surface area (Å²) in [5.74, 6) is 0.924. The summed E-state index contributed by atoms with van der Waals surface area (Å²) in [4.78, 5) is 2.09. The van der Waals surface area contributed by atoms with E-state index >= 15 is 0 Å². The molecule has 0 spiro atoms. The number of ether oxygens (including phenoxy) is 1. The second kappa shape index (κ2) is 5.85. The van der Waals surface area contributed by atoms with E-state index < -0.39 is 0 Å². The second-order valence-electron chi connectivity index (χ2n) is 4.64. The Hall–Kier alpha value is -1.58. The fourth-order valence-electron chi connectivity index (χ4n) is 1.94. The zero-order valence-corrected chi connectivity index (χ0v) is 11.0. The number of nitrogens with two attached hydrogens (primary N) is 1. The van der Waals surface area contributed by atoms with Crippen LogP contribution >= 0.6 is 0 Å².